The summed E-state index contributed by atoms with van der Waals surface area (Å²) in [7, 11) is 1.77. The second-order valence-electron chi connectivity index (χ2n) is 5.49. The Hall–Kier alpha value is 0.230. The molecule has 0 aromatic heterocycles. The highest BCUT2D eigenvalue weighted by Crippen LogP contribution is 2.38. The standard InChI is InChI=1S/C13H25NO2S/c1-11(9-15-2)8-14-12-3-5-16-13(7-12)4-6-17-10-13/h11-12,14H,3-10H2,1-2H3. The molecule has 3 unspecified atom stereocenters. The molecule has 0 aromatic carbocycles. The van der Waals surface area contributed by atoms with Gasteiger partial charge in [0.1, 0.15) is 0 Å². The van der Waals surface area contributed by atoms with Crippen molar-refractivity contribution in [2.45, 2.75) is 37.8 Å². The minimum absolute atomic E-state index is 0.199. The van der Waals surface area contributed by atoms with Gasteiger partial charge in [-0.25, -0.2) is 0 Å². The summed E-state index contributed by atoms with van der Waals surface area (Å²) >= 11 is 2.04. The van der Waals surface area contributed by atoms with E-state index < -0.39 is 0 Å². The number of methoxy groups -OCH3 is 1. The Bertz CT molecular complexity index is 231. The number of hydrogen-bond donors (Lipinski definition) is 1. The average Bonchev–Trinajstić information content (AvgIpc) is 2.75. The van der Waals surface area contributed by atoms with Crippen molar-refractivity contribution in [1.82, 2.24) is 5.32 Å². The Kier molecular flexibility index (Phi) is 5.15. The molecule has 0 radical (unpaired) electrons. The fraction of sp³-hybridized carbons (Fsp3) is 1.00. The van der Waals surface area contributed by atoms with E-state index in [1.54, 1.807) is 7.11 Å². The molecular weight excluding hydrogens is 234 g/mol. The molecule has 17 heavy (non-hydrogen) atoms. The van der Waals surface area contributed by atoms with Gasteiger partial charge in [-0.2, -0.15) is 11.8 Å². The van der Waals surface area contributed by atoms with Crippen molar-refractivity contribution < 1.29 is 9.47 Å². The average molecular weight is 259 g/mol. The first kappa shape index (κ1) is 13.7. The van der Waals surface area contributed by atoms with Crippen molar-refractivity contribution >= 4 is 11.8 Å². The van der Waals surface area contributed by atoms with Gasteiger partial charge in [0.25, 0.3) is 0 Å². The molecule has 3 nitrogen and oxygen atoms in total. The third-order valence-electron chi connectivity index (χ3n) is 3.77. The maximum Gasteiger partial charge on any atom is 0.0795 e. The summed E-state index contributed by atoms with van der Waals surface area (Å²) in [5, 5.41) is 3.69. The fourth-order valence-corrected chi connectivity index (χ4v) is 4.15. The lowest BCUT2D eigenvalue weighted by Gasteiger charge is -2.38. The van der Waals surface area contributed by atoms with E-state index in [1.165, 1.54) is 24.3 Å². The molecule has 0 amide bonds. The van der Waals surface area contributed by atoms with Gasteiger partial charge in [0.05, 0.1) is 5.60 Å². The molecule has 2 aliphatic rings. The first-order valence-corrected chi connectivity index (χ1v) is 7.84. The van der Waals surface area contributed by atoms with Crippen molar-refractivity contribution in [3.05, 3.63) is 0 Å². The lowest BCUT2D eigenvalue weighted by molar-refractivity contribution is -0.0705. The monoisotopic (exact) mass is 259 g/mol. The summed E-state index contributed by atoms with van der Waals surface area (Å²) in [5.41, 5.74) is 0.199. The Morgan fingerprint density at radius 1 is 1.59 bits per heavy atom. The van der Waals surface area contributed by atoms with Crippen LogP contribution in [0.3, 0.4) is 0 Å². The van der Waals surface area contributed by atoms with Crippen LogP contribution in [0.4, 0.5) is 0 Å². The summed E-state index contributed by atoms with van der Waals surface area (Å²) in [5.74, 6) is 3.06. The van der Waals surface area contributed by atoms with Crippen molar-refractivity contribution in [3.63, 3.8) is 0 Å². The SMILES string of the molecule is COCC(C)CNC1CCOC2(CCSC2)C1. The van der Waals surface area contributed by atoms with Crippen LogP contribution in [0.25, 0.3) is 0 Å². The number of thioether (sulfide) groups is 1. The summed E-state index contributed by atoms with van der Waals surface area (Å²) in [6.07, 6.45) is 3.59. The van der Waals surface area contributed by atoms with Gasteiger partial charge in [0.15, 0.2) is 0 Å². The normalized spacial score (nSPS) is 35.3. The second-order valence-corrected chi connectivity index (χ2v) is 6.60. The minimum Gasteiger partial charge on any atom is -0.384 e. The van der Waals surface area contributed by atoms with Gasteiger partial charge < -0.3 is 14.8 Å². The summed E-state index contributed by atoms with van der Waals surface area (Å²) < 4.78 is 11.2. The van der Waals surface area contributed by atoms with Gasteiger partial charge in [-0.05, 0) is 30.9 Å². The summed E-state index contributed by atoms with van der Waals surface area (Å²) in [6, 6.07) is 0.641. The smallest absolute Gasteiger partial charge is 0.0795 e. The summed E-state index contributed by atoms with van der Waals surface area (Å²) in [6.45, 7) is 5.06. The van der Waals surface area contributed by atoms with Crippen LogP contribution in [0.1, 0.15) is 26.2 Å². The van der Waals surface area contributed by atoms with E-state index in [0.717, 1.165) is 26.2 Å². The zero-order valence-electron chi connectivity index (χ0n) is 11.0. The highest BCUT2D eigenvalue weighted by atomic mass is 32.2. The predicted octanol–water partition coefficient (Wildman–Crippen LogP) is 1.91. The number of hydrogen-bond acceptors (Lipinski definition) is 4. The lowest BCUT2D eigenvalue weighted by Crippen LogP contribution is -2.48. The number of ether oxygens (including phenoxy) is 2. The molecule has 2 rings (SSSR count). The molecule has 0 bridgehead atoms. The molecule has 0 aromatic rings. The Balaban J connectivity index is 1.74. The van der Waals surface area contributed by atoms with E-state index >= 15 is 0 Å². The topological polar surface area (TPSA) is 30.5 Å². The molecule has 2 aliphatic heterocycles. The van der Waals surface area contributed by atoms with Crippen molar-refractivity contribution in [2.24, 2.45) is 5.92 Å². The molecular formula is C13H25NO2S. The lowest BCUT2D eigenvalue weighted by atomic mass is 9.89. The quantitative estimate of drug-likeness (QED) is 0.817. The van der Waals surface area contributed by atoms with Crippen LogP contribution in [0.15, 0.2) is 0 Å². The second kappa shape index (κ2) is 6.41. The van der Waals surface area contributed by atoms with Crippen LogP contribution in [0.5, 0.6) is 0 Å². The molecule has 1 spiro atoms. The van der Waals surface area contributed by atoms with E-state index in [9.17, 15) is 0 Å². The van der Waals surface area contributed by atoms with E-state index in [2.05, 4.69) is 12.2 Å². The maximum atomic E-state index is 6.03. The largest absolute Gasteiger partial charge is 0.384 e. The third-order valence-corrected chi connectivity index (χ3v) is 4.99. The van der Waals surface area contributed by atoms with Crippen molar-refractivity contribution in [2.75, 3.05) is 38.4 Å². The van der Waals surface area contributed by atoms with Crippen LogP contribution in [0, 0.1) is 5.92 Å². The molecule has 2 heterocycles. The highest BCUT2D eigenvalue weighted by Gasteiger charge is 2.40. The van der Waals surface area contributed by atoms with Crippen LogP contribution >= 0.6 is 11.8 Å². The van der Waals surface area contributed by atoms with Gasteiger partial charge in [0, 0.05) is 38.7 Å². The van der Waals surface area contributed by atoms with Gasteiger partial charge >= 0.3 is 0 Å². The fourth-order valence-electron chi connectivity index (χ4n) is 2.78. The van der Waals surface area contributed by atoms with Crippen molar-refractivity contribution in [1.29, 1.82) is 0 Å². The van der Waals surface area contributed by atoms with E-state index in [-0.39, 0.29) is 5.60 Å². The molecule has 2 fully saturated rings. The predicted molar refractivity (Wildman–Crippen MR) is 72.7 cm³/mol. The van der Waals surface area contributed by atoms with Crippen molar-refractivity contribution in [3.8, 4) is 0 Å². The maximum absolute atomic E-state index is 6.03. The molecule has 2 saturated heterocycles. The van der Waals surface area contributed by atoms with E-state index in [4.69, 9.17) is 9.47 Å². The van der Waals surface area contributed by atoms with E-state index in [1.807, 2.05) is 11.8 Å². The first-order valence-electron chi connectivity index (χ1n) is 6.68. The Morgan fingerprint density at radius 2 is 2.47 bits per heavy atom. The molecule has 100 valence electrons. The number of rotatable bonds is 5. The van der Waals surface area contributed by atoms with Crippen LogP contribution in [0.2, 0.25) is 0 Å². The van der Waals surface area contributed by atoms with Crippen LogP contribution < -0.4 is 5.32 Å². The van der Waals surface area contributed by atoms with E-state index in [0.29, 0.717) is 12.0 Å². The number of nitrogens with one attached hydrogen (secondary N) is 1. The molecule has 4 heteroatoms. The first-order chi connectivity index (χ1) is 8.24. The zero-order valence-corrected chi connectivity index (χ0v) is 11.9. The molecule has 0 saturated carbocycles. The highest BCUT2D eigenvalue weighted by molar-refractivity contribution is 7.99. The summed E-state index contributed by atoms with van der Waals surface area (Å²) in [4.78, 5) is 0. The van der Waals surface area contributed by atoms with Gasteiger partial charge in [-0.15, -0.1) is 0 Å². The van der Waals surface area contributed by atoms with Gasteiger partial charge in [0.2, 0.25) is 0 Å². The molecule has 1 N–H and O–H groups in total. The Morgan fingerprint density at radius 3 is 3.18 bits per heavy atom. The van der Waals surface area contributed by atoms with Gasteiger partial charge in [-0.1, -0.05) is 6.92 Å². The Labute approximate surface area is 109 Å². The van der Waals surface area contributed by atoms with Gasteiger partial charge in [-0.3, -0.25) is 0 Å². The van der Waals surface area contributed by atoms with Crippen LogP contribution in [-0.4, -0.2) is 50.0 Å². The molecule has 3 atom stereocenters. The molecule has 0 aliphatic carbocycles. The third kappa shape index (κ3) is 3.85. The minimum atomic E-state index is 0.199. The zero-order chi connectivity index (χ0) is 12.1. The van der Waals surface area contributed by atoms with Crippen LogP contribution in [-0.2, 0) is 9.47 Å².